The van der Waals surface area contributed by atoms with Crippen LogP contribution in [-0.2, 0) is 22.3 Å². The van der Waals surface area contributed by atoms with Crippen molar-refractivity contribution in [1.29, 1.82) is 0 Å². The van der Waals surface area contributed by atoms with Crippen LogP contribution in [0.15, 0.2) is 18.2 Å². The van der Waals surface area contributed by atoms with Gasteiger partial charge in [0.05, 0.1) is 12.2 Å². The summed E-state index contributed by atoms with van der Waals surface area (Å²) < 4.78 is 50.2. The molecule has 0 spiro atoms. The molecule has 0 aliphatic carbocycles. The lowest BCUT2D eigenvalue weighted by Gasteiger charge is -2.33. The van der Waals surface area contributed by atoms with E-state index >= 15 is 0 Å². The third kappa shape index (κ3) is 8.28. The van der Waals surface area contributed by atoms with Crippen molar-refractivity contribution in [2.45, 2.75) is 51.9 Å². The van der Waals surface area contributed by atoms with Gasteiger partial charge in [-0.15, -0.1) is 0 Å². The lowest BCUT2D eigenvalue weighted by molar-refractivity contribution is -0.155. The van der Waals surface area contributed by atoms with Crippen molar-refractivity contribution in [2.75, 3.05) is 32.8 Å². The van der Waals surface area contributed by atoms with Gasteiger partial charge in [-0.2, -0.15) is 13.2 Å². The number of carboxylic acid groups (broad SMARTS) is 1. The molecule has 1 N–H and O–H groups in total. The van der Waals surface area contributed by atoms with Crippen LogP contribution in [0.5, 0.6) is 5.75 Å². The minimum absolute atomic E-state index is 0.0698. The number of carbonyl (C=O) groups excluding carboxylic acids is 1. The summed E-state index contributed by atoms with van der Waals surface area (Å²) in [5.41, 5.74) is -0.834. The lowest BCUT2D eigenvalue weighted by atomic mass is 10.1. The molecule has 1 fully saturated rings. The number of hydrogen-bond acceptors (Lipinski definition) is 5. The first-order valence-electron chi connectivity index (χ1n) is 10.1. The van der Waals surface area contributed by atoms with E-state index in [1.54, 1.807) is 20.8 Å². The van der Waals surface area contributed by atoms with Crippen LogP contribution in [0.1, 0.15) is 44.7 Å². The Kier molecular flexibility index (Phi) is 8.16. The van der Waals surface area contributed by atoms with E-state index < -0.39 is 29.4 Å². The number of ether oxygens (including phenoxy) is 2. The number of esters is 1. The van der Waals surface area contributed by atoms with Crippen LogP contribution in [0.3, 0.4) is 0 Å². The fraction of sp³-hybridized carbons (Fsp3) is 0.619. The third-order valence-electron chi connectivity index (χ3n) is 4.63. The second-order valence-electron chi connectivity index (χ2n) is 8.40. The van der Waals surface area contributed by atoms with E-state index in [1.807, 2.05) is 4.90 Å². The smallest absolute Gasteiger partial charge is 0.416 e. The third-order valence-corrected chi connectivity index (χ3v) is 4.63. The van der Waals surface area contributed by atoms with Crippen molar-refractivity contribution in [3.8, 4) is 5.75 Å². The Bertz CT molecular complexity index is 769. The average molecular weight is 446 g/mol. The molecule has 0 saturated carbocycles. The highest BCUT2D eigenvalue weighted by atomic mass is 19.4. The molecule has 0 bridgehead atoms. The molecular weight excluding hydrogens is 417 g/mol. The van der Waals surface area contributed by atoms with Crippen LogP contribution in [0.25, 0.3) is 0 Å². The number of amides is 1. The summed E-state index contributed by atoms with van der Waals surface area (Å²) in [4.78, 5) is 26.1. The number of hydrogen-bond donors (Lipinski definition) is 1. The maximum Gasteiger partial charge on any atom is 0.416 e. The van der Waals surface area contributed by atoms with E-state index in [9.17, 15) is 22.8 Å². The number of carbonyl (C=O) groups is 2. The number of rotatable bonds is 7. The zero-order valence-electron chi connectivity index (χ0n) is 18.0. The zero-order valence-corrected chi connectivity index (χ0v) is 18.0. The highest BCUT2D eigenvalue weighted by Crippen LogP contribution is 2.33. The first-order chi connectivity index (χ1) is 14.3. The van der Waals surface area contributed by atoms with Gasteiger partial charge in [-0.3, -0.25) is 9.69 Å². The zero-order chi connectivity index (χ0) is 23.2. The van der Waals surface area contributed by atoms with E-state index in [4.69, 9.17) is 14.6 Å². The number of piperazine rings is 1. The SMILES string of the molecule is CC(C)(C)OC(=O)CCCOc1cc(C(F)(F)F)ccc1CN1CCN(C(=O)O)CC1. The quantitative estimate of drug-likeness (QED) is 0.504. The maximum absolute atomic E-state index is 13.1. The van der Waals surface area contributed by atoms with Gasteiger partial charge < -0.3 is 19.5 Å². The summed E-state index contributed by atoms with van der Waals surface area (Å²) >= 11 is 0. The highest BCUT2D eigenvalue weighted by molar-refractivity contribution is 5.69. The molecular formula is C21H29F3N2O5. The second kappa shape index (κ2) is 10.2. The van der Waals surface area contributed by atoms with E-state index in [0.717, 1.165) is 12.1 Å². The van der Waals surface area contributed by atoms with E-state index in [0.29, 0.717) is 44.7 Å². The molecule has 1 saturated heterocycles. The summed E-state index contributed by atoms with van der Waals surface area (Å²) in [5.74, 6) is -0.281. The summed E-state index contributed by atoms with van der Waals surface area (Å²) in [5, 5.41) is 9.03. The van der Waals surface area contributed by atoms with Crippen LogP contribution in [0, 0.1) is 0 Å². The summed E-state index contributed by atoms with van der Waals surface area (Å²) in [6.45, 7) is 7.31. The lowest BCUT2D eigenvalue weighted by Crippen LogP contribution is -2.47. The fourth-order valence-corrected chi connectivity index (χ4v) is 3.13. The molecule has 31 heavy (non-hydrogen) atoms. The predicted molar refractivity (Wildman–Crippen MR) is 107 cm³/mol. The van der Waals surface area contributed by atoms with Gasteiger partial charge in [-0.1, -0.05) is 6.07 Å². The molecule has 0 unspecified atom stereocenters. The number of benzene rings is 1. The van der Waals surface area contributed by atoms with Crippen molar-refractivity contribution in [3.05, 3.63) is 29.3 Å². The van der Waals surface area contributed by atoms with Crippen LogP contribution in [0.2, 0.25) is 0 Å². The molecule has 1 aromatic rings. The van der Waals surface area contributed by atoms with Gasteiger partial charge in [0.15, 0.2) is 0 Å². The average Bonchev–Trinajstić information content (AvgIpc) is 2.64. The van der Waals surface area contributed by atoms with Gasteiger partial charge in [0.2, 0.25) is 0 Å². The van der Waals surface area contributed by atoms with Crippen LogP contribution < -0.4 is 4.74 Å². The Morgan fingerprint density at radius 1 is 1.10 bits per heavy atom. The minimum atomic E-state index is -4.50. The van der Waals surface area contributed by atoms with Gasteiger partial charge in [-0.05, 0) is 39.3 Å². The molecule has 1 heterocycles. The molecule has 0 aromatic heterocycles. The predicted octanol–water partition coefficient (Wildman–Crippen LogP) is 4.00. The Morgan fingerprint density at radius 2 is 1.74 bits per heavy atom. The van der Waals surface area contributed by atoms with Crippen LogP contribution >= 0.6 is 0 Å². The monoisotopic (exact) mass is 446 g/mol. The molecule has 1 aromatic carbocycles. The Hall–Kier alpha value is -2.49. The van der Waals surface area contributed by atoms with Gasteiger partial charge in [0.1, 0.15) is 11.4 Å². The van der Waals surface area contributed by atoms with Crippen LogP contribution in [0.4, 0.5) is 18.0 Å². The van der Waals surface area contributed by atoms with E-state index in [1.165, 1.54) is 11.0 Å². The van der Waals surface area contributed by atoms with Gasteiger partial charge >= 0.3 is 18.2 Å². The number of nitrogens with zero attached hydrogens (tertiary/aromatic N) is 2. The molecule has 0 radical (unpaired) electrons. The molecule has 1 aliphatic rings. The minimum Gasteiger partial charge on any atom is -0.493 e. The maximum atomic E-state index is 13.1. The molecule has 1 aliphatic heterocycles. The summed E-state index contributed by atoms with van der Waals surface area (Å²) in [6.07, 6.45) is -5.08. The normalized spacial score (nSPS) is 15.6. The fourth-order valence-electron chi connectivity index (χ4n) is 3.13. The largest absolute Gasteiger partial charge is 0.493 e. The second-order valence-corrected chi connectivity index (χ2v) is 8.40. The van der Waals surface area contributed by atoms with E-state index in [2.05, 4.69) is 0 Å². The highest BCUT2D eigenvalue weighted by Gasteiger charge is 2.31. The topological polar surface area (TPSA) is 79.3 Å². The van der Waals surface area contributed by atoms with Crippen molar-refractivity contribution in [1.82, 2.24) is 9.80 Å². The molecule has 7 nitrogen and oxygen atoms in total. The molecule has 0 atom stereocenters. The number of alkyl halides is 3. The standard InChI is InChI=1S/C21H29F3N2O5/c1-20(2,3)31-18(27)5-4-12-30-17-13-16(21(22,23)24)7-6-15(17)14-25-8-10-26(11-9-25)19(28)29/h6-7,13H,4-5,8-12,14H2,1-3H3,(H,28,29). The van der Waals surface area contributed by atoms with Gasteiger partial charge in [0, 0.05) is 44.7 Å². The Morgan fingerprint density at radius 3 is 2.29 bits per heavy atom. The molecule has 10 heteroatoms. The Balaban J connectivity index is 2.00. The van der Waals surface area contributed by atoms with Gasteiger partial charge in [0.25, 0.3) is 0 Å². The molecule has 2 rings (SSSR count). The first kappa shape index (κ1) is 24.8. The summed E-state index contributed by atoms with van der Waals surface area (Å²) in [7, 11) is 0. The Labute approximate surface area is 179 Å². The van der Waals surface area contributed by atoms with E-state index in [-0.39, 0.29) is 18.8 Å². The summed E-state index contributed by atoms with van der Waals surface area (Å²) in [6, 6.07) is 3.36. The van der Waals surface area contributed by atoms with Crippen molar-refractivity contribution in [3.63, 3.8) is 0 Å². The van der Waals surface area contributed by atoms with Crippen molar-refractivity contribution >= 4 is 12.1 Å². The van der Waals surface area contributed by atoms with Crippen LogP contribution in [-0.4, -0.2) is 65.4 Å². The van der Waals surface area contributed by atoms with Crippen molar-refractivity contribution in [2.24, 2.45) is 0 Å². The first-order valence-corrected chi connectivity index (χ1v) is 10.1. The molecule has 1 amide bonds. The molecule has 174 valence electrons. The van der Waals surface area contributed by atoms with Crippen molar-refractivity contribution < 1.29 is 37.3 Å². The van der Waals surface area contributed by atoms with Gasteiger partial charge in [-0.25, -0.2) is 4.79 Å². The number of halogens is 3.